The van der Waals surface area contributed by atoms with Crippen molar-refractivity contribution in [3.63, 3.8) is 0 Å². The summed E-state index contributed by atoms with van der Waals surface area (Å²) in [6.07, 6.45) is 3.44. The van der Waals surface area contributed by atoms with Gasteiger partial charge in [0.1, 0.15) is 5.03 Å². The molecule has 2 heterocycles. The molecule has 7 heteroatoms. The SMILES string of the molecule is Cc1cc(C)cc(NC(=O)c2cccnc2SCc2ccnc3cc(Cl)c(Cl)cc23)c1. The third-order valence-corrected chi connectivity index (χ3v) is 6.51. The highest BCUT2D eigenvalue weighted by Crippen LogP contribution is 2.32. The number of pyridine rings is 2. The van der Waals surface area contributed by atoms with Crippen molar-refractivity contribution in [1.29, 1.82) is 0 Å². The molecule has 2 aromatic heterocycles. The minimum absolute atomic E-state index is 0.185. The number of amides is 1. The van der Waals surface area contributed by atoms with Crippen molar-refractivity contribution in [2.75, 3.05) is 5.32 Å². The Bertz CT molecular complexity index is 1270. The highest BCUT2D eigenvalue weighted by Gasteiger charge is 2.15. The number of carbonyl (C=O) groups is 1. The largest absolute Gasteiger partial charge is 0.322 e. The zero-order valence-electron chi connectivity index (χ0n) is 16.9. The van der Waals surface area contributed by atoms with Gasteiger partial charge in [0, 0.05) is 29.2 Å². The Morgan fingerprint density at radius 3 is 2.48 bits per heavy atom. The van der Waals surface area contributed by atoms with E-state index in [2.05, 4.69) is 21.4 Å². The molecule has 0 bridgehead atoms. The second-order valence-electron chi connectivity index (χ2n) is 7.23. The van der Waals surface area contributed by atoms with Crippen LogP contribution in [0.4, 0.5) is 5.69 Å². The summed E-state index contributed by atoms with van der Waals surface area (Å²) in [5.41, 5.74) is 5.32. The van der Waals surface area contributed by atoms with Gasteiger partial charge in [0.25, 0.3) is 5.91 Å². The van der Waals surface area contributed by atoms with Crippen molar-refractivity contribution in [3.05, 3.63) is 93.2 Å². The van der Waals surface area contributed by atoms with Crippen LogP contribution in [-0.4, -0.2) is 15.9 Å². The van der Waals surface area contributed by atoms with Gasteiger partial charge in [0.2, 0.25) is 0 Å². The third-order valence-electron chi connectivity index (χ3n) is 4.73. The molecule has 1 amide bonds. The molecule has 0 radical (unpaired) electrons. The molecule has 0 aliphatic rings. The molecule has 2 aromatic carbocycles. The number of benzene rings is 2. The van der Waals surface area contributed by atoms with Gasteiger partial charge in [-0.3, -0.25) is 9.78 Å². The van der Waals surface area contributed by atoms with Crippen LogP contribution in [0.1, 0.15) is 27.0 Å². The summed E-state index contributed by atoms with van der Waals surface area (Å²) in [4.78, 5) is 21.8. The van der Waals surface area contributed by atoms with Crippen LogP contribution in [0, 0.1) is 13.8 Å². The monoisotopic (exact) mass is 467 g/mol. The number of aryl methyl sites for hydroxylation is 2. The lowest BCUT2D eigenvalue weighted by Gasteiger charge is -2.11. The number of hydrogen-bond donors (Lipinski definition) is 1. The molecule has 0 fully saturated rings. The number of aromatic nitrogens is 2. The van der Waals surface area contributed by atoms with Crippen molar-refractivity contribution in [1.82, 2.24) is 9.97 Å². The van der Waals surface area contributed by atoms with Crippen molar-refractivity contribution in [3.8, 4) is 0 Å². The predicted octanol–water partition coefficient (Wildman–Crippen LogP) is 7.10. The van der Waals surface area contributed by atoms with E-state index in [1.807, 2.05) is 38.1 Å². The fraction of sp³-hybridized carbons (Fsp3) is 0.125. The Hall–Kier alpha value is -2.60. The predicted molar refractivity (Wildman–Crippen MR) is 129 cm³/mol. The summed E-state index contributed by atoms with van der Waals surface area (Å²) in [7, 11) is 0. The molecule has 156 valence electrons. The molecule has 1 N–H and O–H groups in total. The van der Waals surface area contributed by atoms with E-state index in [-0.39, 0.29) is 5.91 Å². The first-order valence-corrected chi connectivity index (χ1v) is 11.3. The molecule has 0 spiro atoms. The Morgan fingerprint density at radius 1 is 0.968 bits per heavy atom. The van der Waals surface area contributed by atoms with Gasteiger partial charge in [0.15, 0.2) is 0 Å². The smallest absolute Gasteiger partial charge is 0.258 e. The molecule has 31 heavy (non-hydrogen) atoms. The van der Waals surface area contributed by atoms with E-state index in [1.165, 1.54) is 11.8 Å². The average Bonchev–Trinajstić information content (AvgIpc) is 2.72. The fourth-order valence-corrected chi connectivity index (χ4v) is 4.71. The maximum absolute atomic E-state index is 13.0. The third kappa shape index (κ3) is 5.01. The van der Waals surface area contributed by atoms with Gasteiger partial charge in [-0.15, -0.1) is 11.8 Å². The highest BCUT2D eigenvalue weighted by molar-refractivity contribution is 7.98. The molecule has 0 saturated heterocycles. The maximum Gasteiger partial charge on any atom is 0.258 e. The lowest BCUT2D eigenvalue weighted by molar-refractivity contribution is 0.102. The minimum Gasteiger partial charge on any atom is -0.322 e. The Morgan fingerprint density at radius 2 is 1.71 bits per heavy atom. The van der Waals surface area contributed by atoms with Crippen LogP contribution in [-0.2, 0) is 5.75 Å². The van der Waals surface area contributed by atoms with Crippen LogP contribution < -0.4 is 5.32 Å². The van der Waals surface area contributed by atoms with Crippen LogP contribution in [0.3, 0.4) is 0 Å². The zero-order valence-corrected chi connectivity index (χ0v) is 19.3. The van der Waals surface area contributed by atoms with Crippen LogP contribution in [0.5, 0.6) is 0 Å². The molecule has 0 unspecified atom stereocenters. The number of thioether (sulfide) groups is 1. The van der Waals surface area contributed by atoms with Crippen LogP contribution in [0.15, 0.2) is 66.0 Å². The van der Waals surface area contributed by atoms with Gasteiger partial charge in [-0.05, 0) is 73.0 Å². The van der Waals surface area contributed by atoms with E-state index in [4.69, 9.17) is 23.2 Å². The standard InChI is InChI=1S/C24H19Cl2N3OS/c1-14-8-15(2)10-17(9-14)29-23(30)18-4-3-6-28-24(18)31-13-16-5-7-27-22-12-21(26)20(25)11-19(16)22/h3-12H,13H2,1-2H3,(H,29,30). The number of fused-ring (bicyclic) bond motifs is 1. The number of hydrogen-bond acceptors (Lipinski definition) is 4. The minimum atomic E-state index is -0.185. The van der Waals surface area contributed by atoms with Gasteiger partial charge in [-0.25, -0.2) is 4.98 Å². The Kier molecular flexibility index (Phi) is 6.46. The molecule has 0 atom stereocenters. The fourth-order valence-electron chi connectivity index (χ4n) is 3.39. The summed E-state index contributed by atoms with van der Waals surface area (Å²) in [6.45, 7) is 4.01. The number of nitrogens with zero attached hydrogens (tertiary/aromatic N) is 2. The van der Waals surface area contributed by atoms with Gasteiger partial charge in [-0.1, -0.05) is 29.3 Å². The molecular formula is C24H19Cl2N3OS. The Labute approximate surface area is 195 Å². The van der Waals surface area contributed by atoms with E-state index in [0.29, 0.717) is 26.4 Å². The summed E-state index contributed by atoms with van der Waals surface area (Å²) in [5, 5.41) is 5.54. The zero-order chi connectivity index (χ0) is 22.0. The van der Waals surface area contributed by atoms with Crippen molar-refractivity contribution in [2.24, 2.45) is 0 Å². The molecule has 0 aliphatic carbocycles. The van der Waals surface area contributed by atoms with E-state index >= 15 is 0 Å². The number of rotatable bonds is 5. The number of halogens is 2. The van der Waals surface area contributed by atoms with E-state index in [0.717, 1.165) is 33.3 Å². The molecule has 4 rings (SSSR count). The molecule has 0 saturated carbocycles. The molecule has 4 aromatic rings. The first-order valence-electron chi connectivity index (χ1n) is 9.61. The lowest BCUT2D eigenvalue weighted by atomic mass is 10.1. The summed E-state index contributed by atoms with van der Waals surface area (Å²) in [6, 6.07) is 15.1. The number of nitrogens with one attached hydrogen (secondary N) is 1. The van der Waals surface area contributed by atoms with Crippen LogP contribution in [0.2, 0.25) is 10.0 Å². The molecule has 0 aliphatic heterocycles. The average molecular weight is 468 g/mol. The second-order valence-corrected chi connectivity index (χ2v) is 9.01. The van der Waals surface area contributed by atoms with Crippen LogP contribution in [0.25, 0.3) is 10.9 Å². The first kappa shape index (κ1) is 21.6. The van der Waals surface area contributed by atoms with Crippen molar-refractivity contribution >= 4 is 57.5 Å². The van der Waals surface area contributed by atoms with E-state index in [9.17, 15) is 4.79 Å². The number of carbonyl (C=O) groups excluding carboxylic acids is 1. The normalized spacial score (nSPS) is 11.0. The van der Waals surface area contributed by atoms with Gasteiger partial charge in [0.05, 0.1) is 21.1 Å². The first-order chi connectivity index (χ1) is 14.9. The number of anilines is 1. The Balaban J connectivity index is 1.58. The molecular weight excluding hydrogens is 449 g/mol. The highest BCUT2D eigenvalue weighted by atomic mass is 35.5. The van der Waals surface area contributed by atoms with Crippen molar-refractivity contribution < 1.29 is 4.79 Å². The lowest BCUT2D eigenvalue weighted by Crippen LogP contribution is -2.14. The maximum atomic E-state index is 13.0. The van der Waals surface area contributed by atoms with E-state index < -0.39 is 0 Å². The molecule has 4 nitrogen and oxygen atoms in total. The summed E-state index contributed by atoms with van der Waals surface area (Å²) < 4.78 is 0. The van der Waals surface area contributed by atoms with Gasteiger partial charge in [-0.2, -0.15) is 0 Å². The van der Waals surface area contributed by atoms with Gasteiger partial charge >= 0.3 is 0 Å². The quantitative estimate of drug-likeness (QED) is 0.318. The topological polar surface area (TPSA) is 54.9 Å². The van der Waals surface area contributed by atoms with Gasteiger partial charge < -0.3 is 5.32 Å². The summed E-state index contributed by atoms with van der Waals surface area (Å²) >= 11 is 13.8. The van der Waals surface area contributed by atoms with Crippen LogP contribution >= 0.6 is 35.0 Å². The summed E-state index contributed by atoms with van der Waals surface area (Å²) in [5.74, 6) is 0.424. The van der Waals surface area contributed by atoms with E-state index in [1.54, 1.807) is 30.6 Å². The van der Waals surface area contributed by atoms with Crippen molar-refractivity contribution in [2.45, 2.75) is 24.6 Å². The second kappa shape index (κ2) is 9.27.